The molecule has 1 saturated carbocycles. The highest BCUT2D eigenvalue weighted by Gasteiger charge is 2.44. The third kappa shape index (κ3) is 4.26. The minimum absolute atomic E-state index is 0.00389. The Morgan fingerprint density at radius 3 is 2.38 bits per heavy atom. The van der Waals surface area contributed by atoms with Crippen molar-refractivity contribution in [2.45, 2.75) is 18.4 Å². The molecule has 0 amide bonds. The van der Waals surface area contributed by atoms with Gasteiger partial charge < -0.3 is 10.6 Å². The summed E-state index contributed by atoms with van der Waals surface area (Å²) in [5, 5.41) is 7.00. The first kappa shape index (κ1) is 20.0. The zero-order chi connectivity index (χ0) is 22.0. The molecule has 32 heavy (non-hydrogen) atoms. The Balaban J connectivity index is 1.29. The van der Waals surface area contributed by atoms with Gasteiger partial charge in [-0.1, -0.05) is 61.2 Å². The molecule has 1 fully saturated rings. The maximum atomic E-state index is 13.5. The van der Waals surface area contributed by atoms with Crippen molar-refractivity contribution in [3.05, 3.63) is 121 Å². The molecule has 0 radical (unpaired) electrons. The van der Waals surface area contributed by atoms with Crippen LogP contribution in [0.15, 0.2) is 104 Å². The molecule has 3 nitrogen and oxygen atoms in total. The van der Waals surface area contributed by atoms with Crippen LogP contribution in [0.25, 0.3) is 16.8 Å². The second-order valence-corrected chi connectivity index (χ2v) is 8.20. The summed E-state index contributed by atoms with van der Waals surface area (Å²) in [6.07, 6.45) is 3.96. The summed E-state index contributed by atoms with van der Waals surface area (Å²) in [6, 6.07) is 29.0. The molecule has 2 N–H and O–H groups in total. The van der Waals surface area contributed by atoms with Gasteiger partial charge in [-0.15, -0.1) is 0 Å². The van der Waals surface area contributed by atoms with Crippen molar-refractivity contribution in [2.24, 2.45) is 0 Å². The third-order valence-electron chi connectivity index (χ3n) is 5.87. The lowest BCUT2D eigenvalue weighted by atomic mass is 10.0. The number of pyridine rings is 1. The standard InChI is InChI=1S/C28H24FN3/c1-20(32-28(15-16-28)24-9-3-2-4-10-24)21-7-6-12-26(18-21)31-27-14-13-23(19-30-27)22-8-5-11-25(29)17-22/h2-14,17-19,32H,1,15-16H2,(H,30,31). The molecule has 4 aromatic rings. The second-order valence-electron chi connectivity index (χ2n) is 8.20. The van der Waals surface area contributed by atoms with Crippen molar-refractivity contribution in [1.29, 1.82) is 0 Å². The molecule has 0 saturated heterocycles. The van der Waals surface area contributed by atoms with Gasteiger partial charge in [0.15, 0.2) is 0 Å². The van der Waals surface area contributed by atoms with Gasteiger partial charge in [-0.3, -0.25) is 0 Å². The summed E-state index contributed by atoms with van der Waals surface area (Å²) in [4.78, 5) is 4.49. The molecule has 1 aliphatic carbocycles. The fourth-order valence-corrected chi connectivity index (χ4v) is 3.97. The molecule has 0 aliphatic heterocycles. The van der Waals surface area contributed by atoms with Crippen LogP contribution < -0.4 is 10.6 Å². The van der Waals surface area contributed by atoms with E-state index in [1.165, 1.54) is 17.7 Å². The van der Waals surface area contributed by atoms with Gasteiger partial charge in [0.2, 0.25) is 0 Å². The molecule has 1 aromatic heterocycles. The van der Waals surface area contributed by atoms with E-state index in [9.17, 15) is 4.39 Å². The van der Waals surface area contributed by atoms with E-state index in [0.29, 0.717) is 0 Å². The summed E-state index contributed by atoms with van der Waals surface area (Å²) in [6.45, 7) is 4.29. The number of nitrogens with zero attached hydrogens (tertiary/aromatic N) is 1. The van der Waals surface area contributed by atoms with Gasteiger partial charge >= 0.3 is 0 Å². The van der Waals surface area contributed by atoms with Gasteiger partial charge in [-0.25, -0.2) is 9.37 Å². The summed E-state index contributed by atoms with van der Waals surface area (Å²) >= 11 is 0. The largest absolute Gasteiger partial charge is 0.376 e. The van der Waals surface area contributed by atoms with E-state index in [1.807, 2.05) is 36.4 Å². The highest BCUT2D eigenvalue weighted by Crippen LogP contribution is 2.46. The minimum atomic E-state index is -0.254. The Kier molecular flexibility index (Phi) is 5.20. The van der Waals surface area contributed by atoms with E-state index in [0.717, 1.165) is 46.7 Å². The molecule has 3 aromatic carbocycles. The number of benzene rings is 3. The SMILES string of the molecule is C=C(NC1(c2ccccc2)CC1)c1cccc(Nc2ccc(-c3cccc(F)c3)cn2)c1. The fraction of sp³-hybridized carbons (Fsp3) is 0.107. The first-order valence-corrected chi connectivity index (χ1v) is 10.7. The number of anilines is 2. The third-order valence-corrected chi connectivity index (χ3v) is 5.87. The Bertz CT molecular complexity index is 1250. The van der Waals surface area contributed by atoms with Crippen LogP contribution in [0, 0.1) is 5.82 Å². The van der Waals surface area contributed by atoms with Crippen molar-refractivity contribution < 1.29 is 4.39 Å². The normalized spacial score (nSPS) is 13.9. The first-order chi connectivity index (χ1) is 15.6. The Morgan fingerprint density at radius 1 is 0.844 bits per heavy atom. The van der Waals surface area contributed by atoms with Crippen molar-refractivity contribution in [3.8, 4) is 11.1 Å². The van der Waals surface area contributed by atoms with Gasteiger partial charge in [0, 0.05) is 23.1 Å². The first-order valence-electron chi connectivity index (χ1n) is 10.7. The van der Waals surface area contributed by atoms with E-state index >= 15 is 0 Å². The number of rotatable bonds is 7. The van der Waals surface area contributed by atoms with Crippen LogP contribution in [0.2, 0.25) is 0 Å². The molecule has 5 rings (SSSR count). The smallest absolute Gasteiger partial charge is 0.130 e. The van der Waals surface area contributed by atoms with E-state index in [2.05, 4.69) is 58.6 Å². The van der Waals surface area contributed by atoms with Crippen LogP contribution in [0.3, 0.4) is 0 Å². The lowest BCUT2D eigenvalue weighted by Gasteiger charge is -2.21. The molecular weight excluding hydrogens is 397 g/mol. The van der Waals surface area contributed by atoms with Crippen LogP contribution in [0.1, 0.15) is 24.0 Å². The van der Waals surface area contributed by atoms with E-state index in [4.69, 9.17) is 0 Å². The molecule has 1 heterocycles. The average molecular weight is 422 g/mol. The lowest BCUT2D eigenvalue weighted by Crippen LogP contribution is -2.27. The maximum Gasteiger partial charge on any atom is 0.130 e. The second kappa shape index (κ2) is 8.31. The molecular formula is C28H24FN3. The van der Waals surface area contributed by atoms with Crippen LogP contribution in [0.4, 0.5) is 15.9 Å². The minimum Gasteiger partial charge on any atom is -0.376 e. The number of hydrogen-bond acceptors (Lipinski definition) is 3. The summed E-state index contributed by atoms with van der Waals surface area (Å²) in [7, 11) is 0. The lowest BCUT2D eigenvalue weighted by molar-refractivity contribution is 0.628. The zero-order valence-electron chi connectivity index (χ0n) is 17.7. The van der Waals surface area contributed by atoms with Gasteiger partial charge in [0.05, 0.1) is 5.54 Å². The number of halogens is 1. The van der Waals surface area contributed by atoms with Crippen LogP contribution in [-0.4, -0.2) is 4.98 Å². The monoisotopic (exact) mass is 421 g/mol. The predicted octanol–water partition coefficient (Wildman–Crippen LogP) is 6.88. The molecule has 4 heteroatoms. The van der Waals surface area contributed by atoms with Gasteiger partial charge in [-0.05, 0) is 65.9 Å². The molecule has 1 aliphatic rings. The summed E-state index contributed by atoms with van der Waals surface area (Å²) < 4.78 is 13.5. The highest BCUT2D eigenvalue weighted by molar-refractivity contribution is 5.70. The van der Waals surface area contributed by atoms with Crippen molar-refractivity contribution in [3.63, 3.8) is 0 Å². The van der Waals surface area contributed by atoms with Crippen molar-refractivity contribution in [1.82, 2.24) is 10.3 Å². The zero-order valence-corrected chi connectivity index (χ0v) is 17.7. The van der Waals surface area contributed by atoms with Crippen LogP contribution in [-0.2, 0) is 5.54 Å². The molecule has 158 valence electrons. The van der Waals surface area contributed by atoms with Gasteiger partial charge in [0.1, 0.15) is 11.6 Å². The van der Waals surface area contributed by atoms with Gasteiger partial charge in [-0.2, -0.15) is 0 Å². The fourth-order valence-electron chi connectivity index (χ4n) is 3.97. The van der Waals surface area contributed by atoms with Crippen LogP contribution in [0.5, 0.6) is 0 Å². The quantitative estimate of drug-likeness (QED) is 0.341. The average Bonchev–Trinajstić information content (AvgIpc) is 3.61. The Labute approximate surface area is 187 Å². The Hall–Kier alpha value is -3.92. The van der Waals surface area contributed by atoms with Gasteiger partial charge in [0.25, 0.3) is 0 Å². The predicted molar refractivity (Wildman–Crippen MR) is 129 cm³/mol. The van der Waals surface area contributed by atoms with Crippen molar-refractivity contribution in [2.75, 3.05) is 5.32 Å². The molecule has 0 spiro atoms. The number of nitrogens with one attached hydrogen (secondary N) is 2. The van der Waals surface area contributed by atoms with E-state index in [-0.39, 0.29) is 11.4 Å². The highest BCUT2D eigenvalue weighted by atomic mass is 19.1. The number of hydrogen-bond donors (Lipinski definition) is 2. The summed E-state index contributed by atoms with van der Waals surface area (Å²) in [5.41, 5.74) is 5.85. The molecule has 0 bridgehead atoms. The number of aromatic nitrogens is 1. The maximum absolute atomic E-state index is 13.5. The van der Waals surface area contributed by atoms with E-state index in [1.54, 1.807) is 12.3 Å². The van der Waals surface area contributed by atoms with Crippen LogP contribution >= 0.6 is 0 Å². The Morgan fingerprint density at radius 2 is 1.66 bits per heavy atom. The molecule has 0 unspecified atom stereocenters. The van der Waals surface area contributed by atoms with Crippen molar-refractivity contribution >= 4 is 17.2 Å². The molecule has 0 atom stereocenters. The van der Waals surface area contributed by atoms with E-state index < -0.39 is 0 Å². The topological polar surface area (TPSA) is 37.0 Å². The summed E-state index contributed by atoms with van der Waals surface area (Å²) in [5.74, 6) is 0.472.